The fourth-order valence-electron chi connectivity index (χ4n) is 1.41. The molecule has 0 aliphatic heterocycles. The second-order valence-electron chi connectivity index (χ2n) is 3.75. The van der Waals surface area contributed by atoms with Gasteiger partial charge in [-0.25, -0.2) is 4.79 Å². The van der Waals surface area contributed by atoms with Gasteiger partial charge in [-0.15, -0.1) is 0 Å². The Morgan fingerprint density at radius 3 is 3.00 bits per heavy atom. The van der Waals surface area contributed by atoms with Gasteiger partial charge in [0.15, 0.2) is 0 Å². The molecular formula is C11H17NO4. The van der Waals surface area contributed by atoms with Gasteiger partial charge in [-0.2, -0.15) is 0 Å². The minimum absolute atomic E-state index is 0.0111. The van der Waals surface area contributed by atoms with Gasteiger partial charge in [0.2, 0.25) is 5.76 Å². The average molecular weight is 227 g/mol. The highest BCUT2D eigenvalue weighted by molar-refractivity contribution is 5.86. The van der Waals surface area contributed by atoms with Crippen LogP contribution in [0.15, 0.2) is 16.7 Å². The average Bonchev–Trinajstić information content (AvgIpc) is 2.65. The Bertz CT molecular complexity index is 332. The second-order valence-corrected chi connectivity index (χ2v) is 3.75. The van der Waals surface area contributed by atoms with Crippen molar-refractivity contribution >= 4 is 5.97 Å². The molecule has 5 heteroatoms. The van der Waals surface area contributed by atoms with Crippen molar-refractivity contribution in [1.29, 1.82) is 0 Å². The summed E-state index contributed by atoms with van der Waals surface area (Å²) in [6, 6.07) is 1.64. The van der Waals surface area contributed by atoms with Crippen LogP contribution in [0.25, 0.3) is 0 Å². The molecule has 1 aromatic rings. The van der Waals surface area contributed by atoms with Crippen LogP contribution in [0.3, 0.4) is 0 Å². The van der Waals surface area contributed by atoms with E-state index in [1.807, 2.05) is 0 Å². The topological polar surface area (TPSA) is 82.7 Å². The summed E-state index contributed by atoms with van der Waals surface area (Å²) in [7, 11) is 0. The monoisotopic (exact) mass is 227 g/mol. The van der Waals surface area contributed by atoms with Gasteiger partial charge < -0.3 is 19.9 Å². The summed E-state index contributed by atoms with van der Waals surface area (Å²) >= 11 is 0. The fraction of sp³-hybridized carbons (Fsp3) is 0.545. The molecule has 1 unspecified atom stereocenters. The Morgan fingerprint density at radius 2 is 2.38 bits per heavy atom. The molecule has 0 aliphatic rings. The van der Waals surface area contributed by atoms with Crippen molar-refractivity contribution in [2.45, 2.75) is 32.4 Å². The van der Waals surface area contributed by atoms with Crippen LogP contribution >= 0.6 is 0 Å². The normalized spacial score (nSPS) is 12.6. The molecule has 1 aromatic heterocycles. The minimum Gasteiger partial charge on any atom is -0.475 e. The lowest BCUT2D eigenvalue weighted by Gasteiger charge is -2.05. The summed E-state index contributed by atoms with van der Waals surface area (Å²) in [5.74, 6) is -1.06. The highest BCUT2D eigenvalue weighted by Crippen LogP contribution is 2.09. The van der Waals surface area contributed by atoms with Crippen LogP contribution in [0.2, 0.25) is 0 Å². The Balaban J connectivity index is 2.27. The molecule has 0 amide bonds. The van der Waals surface area contributed by atoms with Gasteiger partial charge in [0, 0.05) is 12.1 Å². The molecule has 3 N–H and O–H groups in total. The third-order valence-corrected chi connectivity index (χ3v) is 2.23. The summed E-state index contributed by atoms with van der Waals surface area (Å²) in [6.45, 7) is 2.96. The quantitative estimate of drug-likeness (QED) is 0.610. The van der Waals surface area contributed by atoms with Crippen molar-refractivity contribution in [2.75, 3.05) is 6.54 Å². The summed E-state index contributed by atoms with van der Waals surface area (Å²) in [5.41, 5.74) is 0.643. The molecule has 1 atom stereocenters. The first-order valence-corrected chi connectivity index (χ1v) is 5.29. The number of furan rings is 1. The smallest absolute Gasteiger partial charge is 0.372 e. The first-order valence-electron chi connectivity index (χ1n) is 5.29. The largest absolute Gasteiger partial charge is 0.475 e. The zero-order chi connectivity index (χ0) is 12.0. The van der Waals surface area contributed by atoms with Crippen LogP contribution in [0.4, 0.5) is 0 Å². The van der Waals surface area contributed by atoms with Crippen molar-refractivity contribution in [3.63, 3.8) is 0 Å². The van der Waals surface area contributed by atoms with Crippen LogP contribution in [-0.2, 0) is 6.54 Å². The Morgan fingerprint density at radius 1 is 1.62 bits per heavy atom. The first kappa shape index (κ1) is 12.7. The zero-order valence-electron chi connectivity index (χ0n) is 9.27. The van der Waals surface area contributed by atoms with Gasteiger partial charge in [-0.1, -0.05) is 0 Å². The molecule has 90 valence electrons. The van der Waals surface area contributed by atoms with E-state index in [0.29, 0.717) is 12.1 Å². The zero-order valence-corrected chi connectivity index (χ0v) is 9.27. The van der Waals surface area contributed by atoms with Crippen molar-refractivity contribution in [3.8, 4) is 0 Å². The van der Waals surface area contributed by atoms with E-state index >= 15 is 0 Å². The molecule has 0 bridgehead atoms. The van der Waals surface area contributed by atoms with E-state index in [2.05, 4.69) is 5.32 Å². The van der Waals surface area contributed by atoms with E-state index in [1.165, 1.54) is 6.26 Å². The molecule has 1 heterocycles. The van der Waals surface area contributed by atoms with Gasteiger partial charge in [-0.05, 0) is 32.4 Å². The van der Waals surface area contributed by atoms with E-state index in [-0.39, 0.29) is 11.9 Å². The lowest BCUT2D eigenvalue weighted by Crippen LogP contribution is -2.17. The van der Waals surface area contributed by atoms with E-state index in [9.17, 15) is 4.79 Å². The van der Waals surface area contributed by atoms with E-state index in [4.69, 9.17) is 14.6 Å². The van der Waals surface area contributed by atoms with Crippen LogP contribution in [0.1, 0.15) is 35.9 Å². The molecule has 0 saturated carbocycles. The van der Waals surface area contributed by atoms with Gasteiger partial charge in [-0.3, -0.25) is 0 Å². The summed E-state index contributed by atoms with van der Waals surface area (Å²) in [6.07, 6.45) is 2.68. The van der Waals surface area contributed by atoms with Gasteiger partial charge in [0.25, 0.3) is 0 Å². The molecular weight excluding hydrogens is 210 g/mol. The van der Waals surface area contributed by atoms with Crippen LogP contribution in [0, 0.1) is 0 Å². The van der Waals surface area contributed by atoms with Gasteiger partial charge in [0.1, 0.15) is 0 Å². The van der Waals surface area contributed by atoms with Crippen LogP contribution in [0.5, 0.6) is 0 Å². The molecule has 1 rings (SSSR count). The maximum absolute atomic E-state index is 10.7. The number of carbonyl (C=O) groups is 1. The Kier molecular flexibility index (Phi) is 5.01. The maximum Gasteiger partial charge on any atom is 0.372 e. The Labute approximate surface area is 94.1 Å². The number of aliphatic hydroxyl groups excluding tert-OH is 1. The van der Waals surface area contributed by atoms with Crippen LogP contribution < -0.4 is 5.32 Å². The molecule has 0 aromatic carbocycles. The number of hydrogen-bond acceptors (Lipinski definition) is 4. The third kappa shape index (κ3) is 4.04. The predicted molar refractivity (Wildman–Crippen MR) is 58.3 cm³/mol. The number of rotatable bonds is 7. The number of hydrogen-bond donors (Lipinski definition) is 3. The highest BCUT2D eigenvalue weighted by Gasteiger charge is 2.12. The number of carboxylic acid groups (broad SMARTS) is 1. The summed E-state index contributed by atoms with van der Waals surface area (Å²) in [5, 5.41) is 20.9. The molecule has 0 fully saturated rings. The predicted octanol–water partition coefficient (Wildman–Crippen LogP) is 1.23. The number of carboxylic acids is 1. The molecule has 5 nitrogen and oxygen atoms in total. The molecule has 0 radical (unpaired) electrons. The number of nitrogens with one attached hydrogen (secondary N) is 1. The molecule has 0 saturated heterocycles. The summed E-state index contributed by atoms with van der Waals surface area (Å²) in [4.78, 5) is 10.7. The van der Waals surface area contributed by atoms with Crippen molar-refractivity contribution < 1.29 is 19.4 Å². The first-order chi connectivity index (χ1) is 7.61. The molecule has 0 spiro atoms. The number of aliphatic hydroxyl groups is 1. The second kappa shape index (κ2) is 6.30. The SMILES string of the molecule is CC(O)CCCNCc1ccoc1C(=O)O. The number of aromatic carboxylic acids is 1. The molecule has 16 heavy (non-hydrogen) atoms. The van der Waals surface area contributed by atoms with Crippen LogP contribution in [-0.4, -0.2) is 28.8 Å². The van der Waals surface area contributed by atoms with Gasteiger partial charge in [0.05, 0.1) is 12.4 Å². The van der Waals surface area contributed by atoms with E-state index in [1.54, 1.807) is 13.0 Å². The fourth-order valence-corrected chi connectivity index (χ4v) is 1.41. The van der Waals surface area contributed by atoms with Gasteiger partial charge >= 0.3 is 5.97 Å². The van der Waals surface area contributed by atoms with E-state index < -0.39 is 5.97 Å². The minimum atomic E-state index is -1.05. The maximum atomic E-state index is 10.7. The lowest BCUT2D eigenvalue weighted by molar-refractivity contribution is 0.0660. The van der Waals surface area contributed by atoms with Crippen molar-refractivity contribution in [2.24, 2.45) is 0 Å². The highest BCUT2D eigenvalue weighted by atomic mass is 16.4. The van der Waals surface area contributed by atoms with Crippen molar-refractivity contribution in [1.82, 2.24) is 5.32 Å². The lowest BCUT2D eigenvalue weighted by atomic mass is 10.2. The Hall–Kier alpha value is -1.33. The third-order valence-electron chi connectivity index (χ3n) is 2.23. The van der Waals surface area contributed by atoms with E-state index in [0.717, 1.165) is 19.4 Å². The standard InChI is InChI=1S/C11H17NO4/c1-8(13)3-2-5-12-7-9-4-6-16-10(9)11(14)15/h4,6,8,12-13H,2-3,5,7H2,1H3,(H,14,15). The summed E-state index contributed by atoms with van der Waals surface area (Å²) < 4.78 is 4.84. The molecule has 0 aliphatic carbocycles. The van der Waals surface area contributed by atoms with Crippen molar-refractivity contribution in [3.05, 3.63) is 23.7 Å².